The van der Waals surface area contributed by atoms with E-state index in [4.69, 9.17) is 9.72 Å². The third-order valence-electron chi connectivity index (χ3n) is 5.14. The highest BCUT2D eigenvalue weighted by atomic mass is 16.5. The Morgan fingerprint density at radius 3 is 2.68 bits per heavy atom. The summed E-state index contributed by atoms with van der Waals surface area (Å²) in [4.78, 5) is 15.9. The van der Waals surface area contributed by atoms with E-state index < -0.39 is 0 Å². The Morgan fingerprint density at radius 1 is 0.935 bits per heavy atom. The van der Waals surface area contributed by atoms with Gasteiger partial charge in [0, 0.05) is 41.9 Å². The number of aromatic amines is 2. The van der Waals surface area contributed by atoms with Gasteiger partial charge in [-0.3, -0.25) is 0 Å². The highest BCUT2D eigenvalue weighted by molar-refractivity contribution is 5.95. The average Bonchev–Trinajstić information content (AvgIpc) is 3.46. The lowest BCUT2D eigenvalue weighted by atomic mass is 10.0. The van der Waals surface area contributed by atoms with E-state index in [0.717, 1.165) is 50.9 Å². The van der Waals surface area contributed by atoms with Gasteiger partial charge < -0.3 is 19.8 Å². The molecule has 2 aromatic carbocycles. The van der Waals surface area contributed by atoms with E-state index in [1.807, 2.05) is 72.9 Å². The zero-order valence-corrected chi connectivity index (χ0v) is 16.9. The summed E-state index contributed by atoms with van der Waals surface area (Å²) in [6.07, 6.45) is 5.00. The van der Waals surface area contributed by atoms with Crippen molar-refractivity contribution < 1.29 is 9.84 Å². The number of aromatic nitrogens is 4. The smallest absolute Gasteiger partial charge is 0.137 e. The van der Waals surface area contributed by atoms with E-state index in [-0.39, 0.29) is 6.61 Å². The number of hydrogen-bond donors (Lipinski definition) is 3. The monoisotopic (exact) mass is 410 g/mol. The molecule has 5 aromatic rings. The van der Waals surface area contributed by atoms with Gasteiger partial charge >= 0.3 is 0 Å². The molecule has 0 bridgehead atoms. The van der Waals surface area contributed by atoms with Crippen molar-refractivity contribution in [2.75, 3.05) is 6.61 Å². The lowest BCUT2D eigenvalue weighted by molar-refractivity contribution is 0.287. The number of pyridine rings is 1. The van der Waals surface area contributed by atoms with Crippen LogP contribution in [0.1, 0.15) is 12.2 Å². The van der Waals surface area contributed by atoms with Crippen molar-refractivity contribution in [2.45, 2.75) is 12.8 Å². The summed E-state index contributed by atoms with van der Waals surface area (Å²) in [6.45, 7) is 0.128. The molecule has 0 atom stereocenters. The van der Waals surface area contributed by atoms with Crippen LogP contribution in [0.2, 0.25) is 0 Å². The van der Waals surface area contributed by atoms with Gasteiger partial charge in [0.25, 0.3) is 0 Å². The normalized spacial score (nSPS) is 11.1. The molecule has 0 spiro atoms. The molecular weight excluding hydrogens is 388 g/mol. The second-order valence-corrected chi connectivity index (χ2v) is 7.28. The third kappa shape index (κ3) is 3.93. The molecule has 154 valence electrons. The van der Waals surface area contributed by atoms with Crippen LogP contribution in [0.15, 0.2) is 79.1 Å². The SMILES string of the molecule is OCCCc1nc(-c2cccc(Oc3ccccc3)c2)c(-c2ccnc3[nH]ccc23)[nH]1. The summed E-state index contributed by atoms with van der Waals surface area (Å²) in [7, 11) is 0. The Kier molecular flexibility index (Phi) is 5.21. The number of benzene rings is 2. The molecule has 0 aliphatic heterocycles. The Balaban J connectivity index is 1.59. The van der Waals surface area contributed by atoms with Crippen molar-refractivity contribution >= 4 is 11.0 Å². The van der Waals surface area contributed by atoms with E-state index in [1.54, 1.807) is 6.20 Å². The van der Waals surface area contributed by atoms with Crippen molar-refractivity contribution in [3.05, 3.63) is 84.9 Å². The highest BCUT2D eigenvalue weighted by Gasteiger charge is 2.17. The molecule has 0 aliphatic rings. The fraction of sp³-hybridized carbons (Fsp3) is 0.120. The number of aryl methyl sites for hydroxylation is 1. The number of imidazole rings is 1. The first-order chi connectivity index (χ1) is 15.3. The first-order valence-corrected chi connectivity index (χ1v) is 10.3. The Labute approximate surface area is 179 Å². The number of ether oxygens (including phenoxy) is 1. The molecule has 0 unspecified atom stereocenters. The molecule has 3 N–H and O–H groups in total. The summed E-state index contributed by atoms with van der Waals surface area (Å²) < 4.78 is 6.03. The summed E-state index contributed by atoms with van der Waals surface area (Å²) >= 11 is 0. The number of H-pyrrole nitrogens is 2. The zero-order chi connectivity index (χ0) is 21.0. The molecule has 0 radical (unpaired) electrons. The van der Waals surface area contributed by atoms with Crippen molar-refractivity contribution in [1.82, 2.24) is 19.9 Å². The molecule has 0 amide bonds. The van der Waals surface area contributed by atoms with Gasteiger partial charge in [-0.25, -0.2) is 9.97 Å². The standard InChI is InChI=1S/C25H22N4O2/c30-15-5-10-22-28-23(24(29-22)20-11-13-26-25-21(20)12-14-27-25)17-6-4-9-19(16-17)31-18-7-2-1-3-8-18/h1-4,6-9,11-14,16,30H,5,10,15H2,(H,26,27)(H,28,29). The van der Waals surface area contributed by atoms with Crippen LogP contribution in [0.25, 0.3) is 33.5 Å². The van der Waals surface area contributed by atoms with Gasteiger partial charge in [0.15, 0.2) is 0 Å². The largest absolute Gasteiger partial charge is 0.457 e. The number of aliphatic hydroxyl groups excluding tert-OH is 1. The number of rotatable bonds is 7. The maximum Gasteiger partial charge on any atom is 0.137 e. The first kappa shape index (κ1) is 19.1. The fourth-order valence-corrected chi connectivity index (χ4v) is 3.70. The van der Waals surface area contributed by atoms with Crippen LogP contribution in [-0.2, 0) is 6.42 Å². The maximum absolute atomic E-state index is 9.26. The van der Waals surface area contributed by atoms with E-state index in [1.165, 1.54) is 0 Å². The van der Waals surface area contributed by atoms with Gasteiger partial charge in [-0.1, -0.05) is 30.3 Å². The summed E-state index contributed by atoms with van der Waals surface area (Å²) in [5.74, 6) is 2.37. The predicted molar refractivity (Wildman–Crippen MR) is 121 cm³/mol. The molecule has 5 rings (SSSR count). The van der Waals surface area contributed by atoms with Crippen molar-refractivity contribution in [1.29, 1.82) is 0 Å². The van der Waals surface area contributed by atoms with Crippen LogP contribution in [0.5, 0.6) is 11.5 Å². The van der Waals surface area contributed by atoms with Gasteiger partial charge in [0.2, 0.25) is 0 Å². The molecular formula is C25H22N4O2. The predicted octanol–water partition coefficient (Wildman–Crippen LogP) is 5.34. The molecule has 0 fully saturated rings. The van der Waals surface area contributed by atoms with Crippen molar-refractivity contribution in [2.24, 2.45) is 0 Å². The van der Waals surface area contributed by atoms with Crippen LogP contribution in [0, 0.1) is 0 Å². The van der Waals surface area contributed by atoms with Crippen molar-refractivity contribution in [3.8, 4) is 34.0 Å². The second kappa shape index (κ2) is 8.45. The van der Waals surface area contributed by atoms with E-state index in [0.29, 0.717) is 12.8 Å². The minimum absolute atomic E-state index is 0.128. The average molecular weight is 410 g/mol. The Bertz CT molecular complexity index is 1310. The van der Waals surface area contributed by atoms with Gasteiger partial charge in [-0.15, -0.1) is 0 Å². The summed E-state index contributed by atoms with van der Waals surface area (Å²) in [5.41, 5.74) is 4.59. The van der Waals surface area contributed by atoms with Crippen LogP contribution in [0.3, 0.4) is 0 Å². The number of para-hydroxylation sites is 1. The van der Waals surface area contributed by atoms with Gasteiger partial charge in [-0.05, 0) is 42.8 Å². The van der Waals surface area contributed by atoms with E-state index in [9.17, 15) is 5.11 Å². The molecule has 3 heterocycles. The lowest BCUT2D eigenvalue weighted by Crippen LogP contribution is -1.91. The topological polar surface area (TPSA) is 86.8 Å². The van der Waals surface area contributed by atoms with E-state index in [2.05, 4.69) is 15.0 Å². The quantitative estimate of drug-likeness (QED) is 0.338. The second-order valence-electron chi connectivity index (χ2n) is 7.28. The number of nitrogens with one attached hydrogen (secondary N) is 2. The summed E-state index contributed by atoms with van der Waals surface area (Å²) in [5, 5.41) is 10.3. The molecule has 0 saturated carbocycles. The maximum atomic E-state index is 9.26. The number of aliphatic hydroxyl groups is 1. The van der Waals surface area contributed by atoms with Crippen LogP contribution >= 0.6 is 0 Å². The van der Waals surface area contributed by atoms with Gasteiger partial charge in [0.05, 0.1) is 11.4 Å². The number of nitrogens with zero attached hydrogens (tertiary/aromatic N) is 2. The minimum atomic E-state index is 0.128. The highest BCUT2D eigenvalue weighted by Crippen LogP contribution is 2.35. The third-order valence-corrected chi connectivity index (χ3v) is 5.14. The molecule has 0 saturated heterocycles. The van der Waals surface area contributed by atoms with Crippen LogP contribution in [-0.4, -0.2) is 31.6 Å². The van der Waals surface area contributed by atoms with Crippen molar-refractivity contribution in [3.63, 3.8) is 0 Å². The molecule has 6 nitrogen and oxygen atoms in total. The van der Waals surface area contributed by atoms with Gasteiger partial charge in [-0.2, -0.15) is 0 Å². The lowest BCUT2D eigenvalue weighted by Gasteiger charge is -2.08. The number of fused-ring (bicyclic) bond motifs is 1. The molecule has 31 heavy (non-hydrogen) atoms. The zero-order valence-electron chi connectivity index (χ0n) is 16.9. The summed E-state index contributed by atoms with van der Waals surface area (Å²) in [6, 6.07) is 21.7. The molecule has 6 heteroatoms. The van der Waals surface area contributed by atoms with Gasteiger partial charge in [0.1, 0.15) is 23.0 Å². The fourth-order valence-electron chi connectivity index (χ4n) is 3.70. The van der Waals surface area contributed by atoms with E-state index >= 15 is 0 Å². The first-order valence-electron chi connectivity index (χ1n) is 10.3. The van der Waals surface area contributed by atoms with Crippen LogP contribution < -0.4 is 4.74 Å². The minimum Gasteiger partial charge on any atom is -0.457 e. The Morgan fingerprint density at radius 2 is 1.81 bits per heavy atom. The molecule has 0 aliphatic carbocycles. The number of hydrogen-bond acceptors (Lipinski definition) is 4. The Hall–Kier alpha value is -3.90. The molecule has 3 aromatic heterocycles. The van der Waals surface area contributed by atoms with Crippen LogP contribution in [0.4, 0.5) is 0 Å².